The molecule has 0 aliphatic rings. The number of ether oxygens (including phenoxy) is 2. The van der Waals surface area contributed by atoms with Crippen molar-refractivity contribution in [2.24, 2.45) is 0 Å². The largest absolute Gasteiger partial charge is 0.756 e. The normalized spacial score (nSPS) is 14.0. The van der Waals surface area contributed by atoms with Gasteiger partial charge >= 0.3 is 11.9 Å². The molecule has 2 unspecified atom stereocenters. The van der Waals surface area contributed by atoms with E-state index >= 15 is 0 Å². The molecular weight excluding hydrogens is 774 g/mol. The monoisotopic (exact) mass is 864 g/mol. The van der Waals surface area contributed by atoms with E-state index in [1.165, 1.54) is 116 Å². The van der Waals surface area contributed by atoms with Crippen molar-refractivity contribution in [1.82, 2.24) is 0 Å². The van der Waals surface area contributed by atoms with Crippen molar-refractivity contribution in [3.8, 4) is 0 Å². The van der Waals surface area contributed by atoms with Gasteiger partial charge in [-0.2, -0.15) is 0 Å². The molecule has 0 bridgehead atoms. The highest BCUT2D eigenvalue weighted by atomic mass is 31.2. The van der Waals surface area contributed by atoms with Gasteiger partial charge in [0, 0.05) is 6.42 Å². The maximum Gasteiger partial charge on any atom is 0.310 e. The SMILES string of the molecule is CC/C=C\C/C=C\C/C=C\C/C=C\C/C=C\CC(=O)OC(COC(=O)CCCCCCCCCCCCCCCCCCCCCCC)COP(=O)([O-])OCC[N+](C)(C)C. The van der Waals surface area contributed by atoms with E-state index in [0.29, 0.717) is 17.4 Å². The van der Waals surface area contributed by atoms with E-state index in [4.69, 9.17) is 18.5 Å². The predicted octanol–water partition coefficient (Wildman–Crippen LogP) is 13.4. The Kier molecular flexibility index (Phi) is 40.4. The van der Waals surface area contributed by atoms with Gasteiger partial charge in [-0.15, -0.1) is 0 Å². The number of likely N-dealkylation sites (N-methyl/N-ethyl adjacent to an activating group) is 1. The lowest BCUT2D eigenvalue weighted by molar-refractivity contribution is -0.870. The fourth-order valence-electron chi connectivity index (χ4n) is 6.38. The Morgan fingerprint density at radius 1 is 0.533 bits per heavy atom. The van der Waals surface area contributed by atoms with Crippen LogP contribution in [0, 0.1) is 0 Å². The molecule has 9 nitrogen and oxygen atoms in total. The van der Waals surface area contributed by atoms with E-state index in [1.54, 1.807) is 6.08 Å². The molecule has 0 fully saturated rings. The number of carbonyl (C=O) groups excluding carboxylic acids is 2. The first-order valence-corrected chi connectivity index (χ1v) is 25.5. The van der Waals surface area contributed by atoms with E-state index in [2.05, 4.69) is 56.4 Å². The Morgan fingerprint density at radius 2 is 0.933 bits per heavy atom. The number of phosphoric ester groups is 1. The van der Waals surface area contributed by atoms with Gasteiger partial charge in [0.2, 0.25) is 0 Å². The average Bonchev–Trinajstić information content (AvgIpc) is 3.20. The van der Waals surface area contributed by atoms with Crippen molar-refractivity contribution in [3.05, 3.63) is 60.8 Å². The number of rotatable bonds is 43. The summed E-state index contributed by atoms with van der Waals surface area (Å²) in [5, 5.41) is 0. The second kappa shape index (κ2) is 42.0. The lowest BCUT2D eigenvalue weighted by Gasteiger charge is -2.28. The third-order valence-corrected chi connectivity index (χ3v) is 11.0. The number of allylic oxidation sites excluding steroid dienone is 9. The number of unbranched alkanes of at least 4 members (excludes halogenated alkanes) is 20. The van der Waals surface area contributed by atoms with E-state index in [1.807, 2.05) is 33.3 Å². The number of hydrogen-bond donors (Lipinski definition) is 0. The molecule has 0 rings (SSSR count). The summed E-state index contributed by atoms with van der Waals surface area (Å²) in [4.78, 5) is 37.5. The predicted molar refractivity (Wildman–Crippen MR) is 250 cm³/mol. The summed E-state index contributed by atoms with van der Waals surface area (Å²) >= 11 is 0. The van der Waals surface area contributed by atoms with Gasteiger partial charge in [0.15, 0.2) is 6.10 Å². The number of carbonyl (C=O) groups is 2. The van der Waals surface area contributed by atoms with Crippen LogP contribution in [0.2, 0.25) is 0 Å². The van der Waals surface area contributed by atoms with E-state index in [0.717, 1.165) is 44.9 Å². The molecule has 348 valence electrons. The van der Waals surface area contributed by atoms with Gasteiger partial charge in [-0.1, -0.05) is 203 Å². The molecule has 0 N–H and O–H groups in total. The highest BCUT2D eigenvalue weighted by Gasteiger charge is 2.21. The van der Waals surface area contributed by atoms with Crippen LogP contribution in [0.1, 0.15) is 194 Å². The standard InChI is InChI=1S/C50H90NO8P/c1-6-8-10-12-14-16-18-20-22-23-24-25-26-27-29-30-32-34-36-38-40-42-49(52)56-46-48(47-58-60(54,55)57-45-44-51(3,4)5)59-50(53)43-41-39-37-35-33-31-28-21-19-17-15-13-11-9-7-2/h9,11,15,17,21,28,33,35,39,41,48H,6-8,10,12-14,16,18-20,22-27,29-32,34,36-38,40,42-47H2,1-5H3/b11-9-,17-15-,28-21-,35-33-,41-39-. The Morgan fingerprint density at radius 3 is 1.35 bits per heavy atom. The van der Waals surface area contributed by atoms with Crippen LogP contribution < -0.4 is 4.89 Å². The van der Waals surface area contributed by atoms with Gasteiger partial charge in [0.1, 0.15) is 19.8 Å². The maximum absolute atomic E-state index is 12.6. The van der Waals surface area contributed by atoms with Crippen molar-refractivity contribution in [2.45, 2.75) is 200 Å². The molecule has 2 atom stereocenters. The summed E-state index contributed by atoms with van der Waals surface area (Å²) in [7, 11) is 1.11. The topological polar surface area (TPSA) is 111 Å². The molecule has 60 heavy (non-hydrogen) atoms. The molecule has 0 spiro atoms. The molecular formula is C50H90NO8P. The van der Waals surface area contributed by atoms with Crippen LogP contribution in [-0.4, -0.2) is 70.0 Å². The van der Waals surface area contributed by atoms with Crippen LogP contribution in [0.25, 0.3) is 0 Å². The van der Waals surface area contributed by atoms with Crippen molar-refractivity contribution < 1.29 is 42.1 Å². The minimum absolute atomic E-state index is 0.00750. The smallest absolute Gasteiger partial charge is 0.310 e. The first kappa shape index (κ1) is 57.7. The van der Waals surface area contributed by atoms with Gasteiger partial charge in [-0.05, 0) is 38.5 Å². The lowest BCUT2D eigenvalue weighted by atomic mass is 10.0. The van der Waals surface area contributed by atoms with Crippen LogP contribution in [0.3, 0.4) is 0 Å². The maximum atomic E-state index is 12.6. The number of quaternary nitrogens is 1. The zero-order valence-electron chi connectivity index (χ0n) is 39.1. The summed E-state index contributed by atoms with van der Waals surface area (Å²) in [6.07, 6.45) is 51.5. The van der Waals surface area contributed by atoms with Crippen LogP contribution in [0.4, 0.5) is 0 Å². The van der Waals surface area contributed by atoms with Crippen molar-refractivity contribution in [2.75, 3.05) is 47.5 Å². The molecule has 0 aromatic heterocycles. The quantitative estimate of drug-likeness (QED) is 0.0196. The van der Waals surface area contributed by atoms with Crippen molar-refractivity contribution in [3.63, 3.8) is 0 Å². The third-order valence-electron chi connectivity index (χ3n) is 10.1. The summed E-state index contributed by atoms with van der Waals surface area (Å²) in [6, 6.07) is 0. The molecule has 0 amide bonds. The molecule has 0 saturated carbocycles. The fraction of sp³-hybridized carbons (Fsp3) is 0.760. The minimum Gasteiger partial charge on any atom is -0.756 e. The second-order valence-electron chi connectivity index (χ2n) is 17.1. The average molecular weight is 864 g/mol. The Balaban J connectivity index is 4.34. The summed E-state index contributed by atoms with van der Waals surface area (Å²) in [5.74, 6) is -0.978. The Bertz CT molecular complexity index is 1210. The van der Waals surface area contributed by atoms with E-state index < -0.39 is 32.5 Å². The molecule has 0 aromatic carbocycles. The van der Waals surface area contributed by atoms with Crippen LogP contribution in [0.5, 0.6) is 0 Å². The number of phosphoric acid groups is 1. The molecule has 0 aliphatic carbocycles. The molecule has 10 heteroatoms. The van der Waals surface area contributed by atoms with Crippen molar-refractivity contribution >= 4 is 19.8 Å². The van der Waals surface area contributed by atoms with Gasteiger partial charge in [0.05, 0.1) is 34.2 Å². The zero-order valence-corrected chi connectivity index (χ0v) is 40.0. The summed E-state index contributed by atoms with van der Waals surface area (Å²) in [6.45, 7) is 4.01. The summed E-state index contributed by atoms with van der Waals surface area (Å²) in [5.41, 5.74) is 0. The highest BCUT2D eigenvalue weighted by Crippen LogP contribution is 2.38. The molecule has 0 aromatic rings. The van der Waals surface area contributed by atoms with Gasteiger partial charge in [-0.3, -0.25) is 14.2 Å². The number of nitrogens with zero attached hydrogens (tertiary/aromatic N) is 1. The highest BCUT2D eigenvalue weighted by molar-refractivity contribution is 7.45. The Labute approximate surface area is 368 Å². The fourth-order valence-corrected chi connectivity index (χ4v) is 7.11. The number of hydrogen-bond acceptors (Lipinski definition) is 8. The molecule has 0 aliphatic heterocycles. The molecule has 0 radical (unpaired) electrons. The lowest BCUT2D eigenvalue weighted by Crippen LogP contribution is -2.37. The second-order valence-corrected chi connectivity index (χ2v) is 18.5. The first-order chi connectivity index (χ1) is 29.0. The van der Waals surface area contributed by atoms with E-state index in [9.17, 15) is 19.0 Å². The van der Waals surface area contributed by atoms with E-state index in [-0.39, 0.29) is 26.1 Å². The van der Waals surface area contributed by atoms with Gasteiger partial charge in [0.25, 0.3) is 7.82 Å². The van der Waals surface area contributed by atoms with Crippen LogP contribution >= 0.6 is 7.82 Å². The molecule has 0 saturated heterocycles. The first-order valence-electron chi connectivity index (χ1n) is 24.0. The minimum atomic E-state index is -4.65. The summed E-state index contributed by atoms with van der Waals surface area (Å²) < 4.78 is 33.8. The van der Waals surface area contributed by atoms with Gasteiger partial charge in [-0.25, -0.2) is 0 Å². The van der Waals surface area contributed by atoms with Gasteiger partial charge < -0.3 is 27.9 Å². The molecule has 0 heterocycles. The Hall–Kier alpha value is -2.29. The van der Waals surface area contributed by atoms with Crippen molar-refractivity contribution in [1.29, 1.82) is 0 Å². The number of esters is 2. The third kappa shape index (κ3) is 45.2. The van der Waals surface area contributed by atoms with Crippen LogP contribution in [0.15, 0.2) is 60.8 Å². The van der Waals surface area contributed by atoms with Crippen LogP contribution in [-0.2, 0) is 32.7 Å². The zero-order chi connectivity index (χ0) is 44.3.